The average molecular weight is 405 g/mol. The smallest absolute Gasteiger partial charge is 0.262 e. The number of nitrogens with zero attached hydrogens (tertiary/aromatic N) is 3. The highest BCUT2D eigenvalue weighted by molar-refractivity contribution is 7.71. The summed E-state index contributed by atoms with van der Waals surface area (Å²) in [6.45, 7) is 0.583. The van der Waals surface area contributed by atoms with Crippen LogP contribution >= 0.6 is 12.2 Å². The van der Waals surface area contributed by atoms with Gasteiger partial charge in [-0.05, 0) is 36.5 Å². The molecule has 1 amide bonds. The van der Waals surface area contributed by atoms with Gasteiger partial charge in [0.05, 0.1) is 22.8 Å². The van der Waals surface area contributed by atoms with E-state index in [1.807, 2.05) is 42.6 Å². The number of para-hydroxylation sites is 2. The van der Waals surface area contributed by atoms with E-state index in [9.17, 15) is 9.59 Å². The molecular formula is C21H19N5O2S. The average Bonchev–Trinajstić information content (AvgIpc) is 3.22. The first-order valence-electron chi connectivity index (χ1n) is 9.19. The largest absolute Gasteiger partial charge is 0.352 e. The maximum absolute atomic E-state index is 12.6. The lowest BCUT2D eigenvalue weighted by Crippen LogP contribution is -2.28. The van der Waals surface area contributed by atoms with Crippen molar-refractivity contribution in [3.8, 4) is 5.69 Å². The first-order valence-corrected chi connectivity index (χ1v) is 9.60. The molecule has 4 aromatic rings. The second kappa shape index (κ2) is 8.24. The van der Waals surface area contributed by atoms with Gasteiger partial charge < -0.3 is 10.3 Å². The second-order valence-corrected chi connectivity index (χ2v) is 6.97. The van der Waals surface area contributed by atoms with E-state index in [-0.39, 0.29) is 24.4 Å². The number of amides is 1. The Hall–Kier alpha value is -3.52. The topological polar surface area (TPSA) is 84.7 Å². The third kappa shape index (κ3) is 4.17. The molecule has 2 heterocycles. The lowest BCUT2D eigenvalue weighted by Gasteiger charge is -2.08. The number of carbonyl (C=O) groups excluding carboxylic acids is 1. The van der Waals surface area contributed by atoms with Crippen molar-refractivity contribution in [2.45, 2.75) is 19.5 Å². The Bertz CT molecular complexity index is 1270. The van der Waals surface area contributed by atoms with E-state index >= 15 is 0 Å². The van der Waals surface area contributed by atoms with Crippen LogP contribution in [0.25, 0.3) is 16.6 Å². The molecule has 29 heavy (non-hydrogen) atoms. The second-order valence-electron chi connectivity index (χ2n) is 6.59. The zero-order chi connectivity index (χ0) is 20.2. The van der Waals surface area contributed by atoms with Crippen LogP contribution in [0, 0.1) is 4.77 Å². The number of aromatic nitrogens is 4. The monoisotopic (exact) mass is 405 g/mol. The van der Waals surface area contributed by atoms with Gasteiger partial charge in [-0.25, -0.2) is 4.68 Å². The molecule has 0 spiro atoms. The maximum Gasteiger partial charge on any atom is 0.262 e. The zero-order valence-corrected chi connectivity index (χ0v) is 16.4. The molecule has 0 fully saturated rings. The highest BCUT2D eigenvalue weighted by Crippen LogP contribution is 2.08. The minimum Gasteiger partial charge on any atom is -0.352 e. The van der Waals surface area contributed by atoms with Crippen LogP contribution in [0.2, 0.25) is 0 Å². The predicted octanol–water partition coefficient (Wildman–Crippen LogP) is 2.95. The SMILES string of the molecule is O=C(CCn1c(=S)[nH]c2ccccc2c1=O)NCc1cnn(-c2ccccc2)c1. The van der Waals surface area contributed by atoms with Crippen LogP contribution in [0.4, 0.5) is 0 Å². The summed E-state index contributed by atoms with van der Waals surface area (Å²) >= 11 is 5.27. The van der Waals surface area contributed by atoms with Gasteiger partial charge in [0, 0.05) is 31.3 Å². The van der Waals surface area contributed by atoms with Crippen molar-refractivity contribution in [2.75, 3.05) is 0 Å². The van der Waals surface area contributed by atoms with Crippen molar-refractivity contribution in [1.29, 1.82) is 0 Å². The summed E-state index contributed by atoms with van der Waals surface area (Å²) in [6.07, 6.45) is 3.75. The summed E-state index contributed by atoms with van der Waals surface area (Å²) in [5.41, 5.74) is 2.34. The van der Waals surface area contributed by atoms with E-state index in [1.165, 1.54) is 4.57 Å². The molecule has 7 nitrogen and oxygen atoms in total. The molecule has 0 aliphatic heterocycles. The Morgan fingerprint density at radius 3 is 2.69 bits per heavy atom. The van der Waals surface area contributed by atoms with Crippen LogP contribution in [0.15, 0.2) is 71.8 Å². The van der Waals surface area contributed by atoms with E-state index < -0.39 is 0 Å². The fourth-order valence-corrected chi connectivity index (χ4v) is 3.36. The number of fused-ring (bicyclic) bond motifs is 1. The molecule has 4 rings (SSSR count). The summed E-state index contributed by atoms with van der Waals surface area (Å²) in [4.78, 5) is 27.9. The lowest BCUT2D eigenvalue weighted by atomic mass is 10.2. The Morgan fingerprint density at radius 1 is 1.10 bits per heavy atom. The molecule has 2 N–H and O–H groups in total. The van der Waals surface area contributed by atoms with E-state index in [4.69, 9.17) is 12.2 Å². The number of hydrogen-bond acceptors (Lipinski definition) is 4. The third-order valence-electron chi connectivity index (χ3n) is 4.60. The number of benzene rings is 2. The van der Waals surface area contributed by atoms with Gasteiger partial charge in [-0.2, -0.15) is 5.10 Å². The number of rotatable bonds is 6. The third-order valence-corrected chi connectivity index (χ3v) is 4.92. The van der Waals surface area contributed by atoms with E-state index in [2.05, 4.69) is 15.4 Å². The zero-order valence-electron chi connectivity index (χ0n) is 15.5. The fourth-order valence-electron chi connectivity index (χ4n) is 3.08. The molecule has 2 aromatic heterocycles. The maximum atomic E-state index is 12.6. The van der Waals surface area contributed by atoms with E-state index in [0.717, 1.165) is 11.3 Å². The van der Waals surface area contributed by atoms with Gasteiger partial charge in [0.1, 0.15) is 0 Å². The number of carbonyl (C=O) groups is 1. The highest BCUT2D eigenvalue weighted by atomic mass is 32.1. The van der Waals surface area contributed by atoms with Crippen molar-refractivity contribution in [3.05, 3.63) is 87.7 Å². The molecule has 146 valence electrons. The standard InChI is InChI=1S/C21H19N5O2S/c27-19(22-12-15-13-23-26(14-15)16-6-2-1-3-7-16)10-11-25-20(28)17-8-4-5-9-18(17)24-21(25)29/h1-9,13-14H,10-12H2,(H,22,27)(H,24,29). The van der Waals surface area contributed by atoms with Crippen LogP contribution in [-0.4, -0.2) is 25.2 Å². The van der Waals surface area contributed by atoms with Crippen molar-refractivity contribution in [3.63, 3.8) is 0 Å². The van der Waals surface area contributed by atoms with Gasteiger partial charge in [0.25, 0.3) is 5.56 Å². The van der Waals surface area contributed by atoms with Crippen molar-refractivity contribution in [1.82, 2.24) is 24.6 Å². The normalized spacial score (nSPS) is 10.9. The van der Waals surface area contributed by atoms with Gasteiger partial charge in [0.2, 0.25) is 5.91 Å². The molecule has 0 aliphatic rings. The highest BCUT2D eigenvalue weighted by Gasteiger charge is 2.08. The van der Waals surface area contributed by atoms with Gasteiger partial charge in [0.15, 0.2) is 4.77 Å². The molecule has 0 bridgehead atoms. The summed E-state index contributed by atoms with van der Waals surface area (Å²) in [7, 11) is 0. The molecule has 0 atom stereocenters. The summed E-state index contributed by atoms with van der Waals surface area (Å²) < 4.78 is 3.49. The van der Waals surface area contributed by atoms with Gasteiger partial charge in [-0.3, -0.25) is 14.2 Å². The molecule has 0 radical (unpaired) electrons. The number of nitrogens with one attached hydrogen (secondary N) is 2. The van der Waals surface area contributed by atoms with E-state index in [0.29, 0.717) is 22.2 Å². The number of H-pyrrole nitrogens is 1. The molecule has 8 heteroatoms. The van der Waals surface area contributed by atoms with Crippen molar-refractivity contribution < 1.29 is 4.79 Å². The first kappa shape index (κ1) is 18.8. The Morgan fingerprint density at radius 2 is 1.86 bits per heavy atom. The Kier molecular flexibility index (Phi) is 5.35. The minimum absolute atomic E-state index is 0.155. The molecule has 0 saturated heterocycles. The molecular weight excluding hydrogens is 386 g/mol. The molecule has 0 unspecified atom stereocenters. The molecule has 0 saturated carbocycles. The van der Waals surface area contributed by atoms with E-state index in [1.54, 1.807) is 29.1 Å². The van der Waals surface area contributed by atoms with Crippen molar-refractivity contribution >= 4 is 29.0 Å². The molecule has 2 aromatic carbocycles. The predicted molar refractivity (Wildman–Crippen MR) is 113 cm³/mol. The number of hydrogen-bond donors (Lipinski definition) is 2. The van der Waals surface area contributed by atoms with Crippen molar-refractivity contribution in [2.24, 2.45) is 0 Å². The summed E-state index contributed by atoms with van der Waals surface area (Å²) in [6, 6.07) is 16.9. The van der Waals surface area contributed by atoms with Gasteiger partial charge in [-0.1, -0.05) is 30.3 Å². The lowest BCUT2D eigenvalue weighted by molar-refractivity contribution is -0.121. The summed E-state index contributed by atoms with van der Waals surface area (Å²) in [5.74, 6) is -0.160. The van der Waals surface area contributed by atoms with Crippen LogP contribution in [0.3, 0.4) is 0 Å². The summed E-state index contributed by atoms with van der Waals surface area (Å²) in [5, 5.41) is 7.72. The van der Waals surface area contributed by atoms with Crippen LogP contribution < -0.4 is 10.9 Å². The Balaban J connectivity index is 1.38. The molecule has 0 aliphatic carbocycles. The fraction of sp³-hybridized carbons (Fsp3) is 0.143. The van der Waals surface area contributed by atoms with Crippen LogP contribution in [0.1, 0.15) is 12.0 Å². The minimum atomic E-state index is -0.193. The van der Waals surface area contributed by atoms with Gasteiger partial charge in [-0.15, -0.1) is 0 Å². The van der Waals surface area contributed by atoms with Gasteiger partial charge >= 0.3 is 0 Å². The first-order chi connectivity index (χ1) is 14.1. The van der Waals surface area contributed by atoms with Crippen LogP contribution in [0.5, 0.6) is 0 Å². The number of aromatic amines is 1. The quantitative estimate of drug-likeness (QED) is 0.483. The Labute approximate surface area is 171 Å². The van der Waals surface area contributed by atoms with Crippen LogP contribution in [-0.2, 0) is 17.9 Å².